The van der Waals surface area contributed by atoms with E-state index in [1.165, 1.54) is 12.0 Å². The average molecular weight is 367 g/mol. The lowest BCUT2D eigenvalue weighted by atomic mass is 10.2. The fraction of sp³-hybridized carbons (Fsp3) is 0.556. The number of ether oxygens (including phenoxy) is 3. The molecule has 0 bridgehead atoms. The van der Waals surface area contributed by atoms with Crippen LogP contribution in [0.1, 0.15) is 17.3 Å². The lowest BCUT2D eigenvalue weighted by molar-refractivity contribution is -0.907. The Morgan fingerprint density at radius 1 is 1.23 bits per heavy atom. The number of nitrogens with one attached hydrogen (secondary N) is 1. The van der Waals surface area contributed by atoms with Crippen LogP contribution in [0.4, 0.5) is 4.79 Å². The van der Waals surface area contributed by atoms with Crippen molar-refractivity contribution in [1.29, 1.82) is 0 Å². The van der Waals surface area contributed by atoms with Gasteiger partial charge in [-0.25, -0.2) is 9.59 Å². The average Bonchev–Trinajstić information content (AvgIpc) is 2.67. The molecule has 0 unspecified atom stereocenters. The predicted octanol–water partition coefficient (Wildman–Crippen LogP) is -0.430. The fourth-order valence-electron chi connectivity index (χ4n) is 2.81. The number of carbonyl (C=O) groups excluding carboxylic acids is 2. The summed E-state index contributed by atoms with van der Waals surface area (Å²) in [5.74, 6) is 0.181. The van der Waals surface area contributed by atoms with E-state index in [9.17, 15) is 14.7 Å². The summed E-state index contributed by atoms with van der Waals surface area (Å²) in [4.78, 5) is 26.0. The first kappa shape index (κ1) is 20.0. The smallest absolute Gasteiger partial charge is 0.410 e. The Hall–Kier alpha value is -2.32. The second-order valence-corrected chi connectivity index (χ2v) is 6.12. The maximum absolute atomic E-state index is 11.7. The van der Waals surface area contributed by atoms with Gasteiger partial charge in [0.15, 0.2) is 0 Å². The highest BCUT2D eigenvalue weighted by Gasteiger charge is 2.26. The summed E-state index contributed by atoms with van der Waals surface area (Å²) in [5, 5.41) is 10.2. The van der Waals surface area contributed by atoms with Crippen molar-refractivity contribution in [2.75, 3.05) is 53.0 Å². The molecular formula is C18H27N2O6+. The second-order valence-electron chi connectivity index (χ2n) is 6.12. The van der Waals surface area contributed by atoms with E-state index in [2.05, 4.69) is 4.74 Å². The van der Waals surface area contributed by atoms with Gasteiger partial charge in [-0.2, -0.15) is 0 Å². The molecule has 8 nitrogen and oxygen atoms in total. The summed E-state index contributed by atoms with van der Waals surface area (Å²) in [6, 6.07) is 6.58. The van der Waals surface area contributed by atoms with Crippen LogP contribution in [-0.4, -0.2) is 81.2 Å². The molecule has 1 aliphatic heterocycles. The third-order valence-corrected chi connectivity index (χ3v) is 4.24. The van der Waals surface area contributed by atoms with E-state index in [1.807, 2.05) is 0 Å². The zero-order valence-corrected chi connectivity index (χ0v) is 15.3. The highest BCUT2D eigenvalue weighted by molar-refractivity contribution is 5.89. The van der Waals surface area contributed by atoms with Crippen LogP contribution in [0, 0.1) is 0 Å². The van der Waals surface area contributed by atoms with Crippen LogP contribution >= 0.6 is 0 Å². The Kier molecular flexibility index (Phi) is 7.68. The van der Waals surface area contributed by atoms with Crippen molar-refractivity contribution >= 4 is 12.1 Å². The van der Waals surface area contributed by atoms with E-state index in [1.54, 1.807) is 36.1 Å². The molecule has 2 N–H and O–H groups in total. The first-order chi connectivity index (χ1) is 12.5. The molecule has 144 valence electrons. The third kappa shape index (κ3) is 5.89. The summed E-state index contributed by atoms with van der Waals surface area (Å²) >= 11 is 0. The highest BCUT2D eigenvalue weighted by atomic mass is 16.6. The van der Waals surface area contributed by atoms with E-state index >= 15 is 0 Å². The molecule has 0 spiro atoms. The SMILES string of the molecule is CCOC(=O)N1CC[NH+](C[C@H](O)COc2ccc(C(=O)OC)cc2)CC1. The minimum atomic E-state index is -0.612. The number of piperazine rings is 1. The van der Waals surface area contributed by atoms with Gasteiger partial charge in [0.2, 0.25) is 0 Å². The molecule has 1 aromatic rings. The van der Waals surface area contributed by atoms with Crippen molar-refractivity contribution in [3.8, 4) is 5.75 Å². The number of aliphatic hydroxyl groups excluding tert-OH is 1. The monoisotopic (exact) mass is 367 g/mol. The van der Waals surface area contributed by atoms with Crippen molar-refractivity contribution in [1.82, 2.24) is 4.90 Å². The minimum absolute atomic E-state index is 0.169. The summed E-state index contributed by atoms with van der Waals surface area (Å²) in [6.07, 6.45) is -0.884. The molecule has 1 atom stereocenters. The molecule has 1 aliphatic rings. The van der Waals surface area contributed by atoms with Gasteiger partial charge in [-0.3, -0.25) is 4.90 Å². The second kappa shape index (κ2) is 9.98. The number of methoxy groups -OCH3 is 1. The number of amides is 1. The predicted molar refractivity (Wildman–Crippen MR) is 93.4 cm³/mol. The molecular weight excluding hydrogens is 340 g/mol. The fourth-order valence-corrected chi connectivity index (χ4v) is 2.81. The van der Waals surface area contributed by atoms with Crippen molar-refractivity contribution in [2.45, 2.75) is 13.0 Å². The quantitative estimate of drug-likeness (QED) is 0.636. The first-order valence-corrected chi connectivity index (χ1v) is 8.78. The van der Waals surface area contributed by atoms with Gasteiger partial charge in [0.1, 0.15) is 25.0 Å². The molecule has 0 aromatic heterocycles. The molecule has 0 radical (unpaired) electrons. The summed E-state index contributed by atoms with van der Waals surface area (Å²) in [6.45, 7) is 5.67. The summed E-state index contributed by atoms with van der Waals surface area (Å²) in [7, 11) is 1.33. The molecule has 1 aromatic carbocycles. The van der Waals surface area contributed by atoms with Crippen LogP contribution in [0.15, 0.2) is 24.3 Å². The van der Waals surface area contributed by atoms with Crippen molar-refractivity contribution < 1.29 is 33.8 Å². The number of carbonyl (C=O) groups is 2. The summed E-state index contributed by atoms with van der Waals surface area (Å²) < 4.78 is 15.2. The van der Waals surface area contributed by atoms with Gasteiger partial charge >= 0.3 is 12.1 Å². The highest BCUT2D eigenvalue weighted by Crippen LogP contribution is 2.13. The zero-order valence-electron chi connectivity index (χ0n) is 15.3. The van der Waals surface area contributed by atoms with E-state index in [0.29, 0.717) is 37.6 Å². The van der Waals surface area contributed by atoms with Crippen LogP contribution in [0.25, 0.3) is 0 Å². The Morgan fingerprint density at radius 2 is 1.88 bits per heavy atom. The van der Waals surface area contributed by atoms with Crippen molar-refractivity contribution in [2.24, 2.45) is 0 Å². The lowest BCUT2D eigenvalue weighted by Crippen LogP contribution is -3.16. The molecule has 1 saturated heterocycles. The maximum Gasteiger partial charge on any atom is 0.410 e. The van der Waals surface area contributed by atoms with Gasteiger partial charge in [-0.1, -0.05) is 0 Å². The van der Waals surface area contributed by atoms with Crippen LogP contribution < -0.4 is 9.64 Å². The number of benzene rings is 1. The van der Waals surface area contributed by atoms with Crippen LogP contribution in [0.3, 0.4) is 0 Å². The van der Waals surface area contributed by atoms with Gasteiger partial charge in [-0.15, -0.1) is 0 Å². The van der Waals surface area contributed by atoms with Gasteiger partial charge in [0.05, 0.1) is 45.5 Å². The van der Waals surface area contributed by atoms with E-state index in [-0.39, 0.29) is 12.7 Å². The number of rotatable bonds is 7. The van der Waals surface area contributed by atoms with Gasteiger partial charge in [0, 0.05) is 0 Å². The Labute approximate surface area is 153 Å². The van der Waals surface area contributed by atoms with Gasteiger partial charge < -0.3 is 24.2 Å². The molecule has 1 fully saturated rings. The third-order valence-electron chi connectivity index (χ3n) is 4.24. The van der Waals surface area contributed by atoms with Crippen LogP contribution in [0.5, 0.6) is 5.75 Å². The molecule has 2 rings (SSSR count). The van der Waals surface area contributed by atoms with E-state index < -0.39 is 12.1 Å². The molecule has 26 heavy (non-hydrogen) atoms. The molecule has 0 aliphatic carbocycles. The molecule has 8 heteroatoms. The number of aliphatic hydroxyl groups is 1. The number of nitrogens with zero attached hydrogens (tertiary/aromatic N) is 1. The van der Waals surface area contributed by atoms with Crippen molar-refractivity contribution in [3.63, 3.8) is 0 Å². The molecule has 0 saturated carbocycles. The number of hydrogen-bond donors (Lipinski definition) is 2. The first-order valence-electron chi connectivity index (χ1n) is 8.78. The standard InChI is InChI=1S/C18H26N2O6/c1-3-25-18(23)20-10-8-19(9-11-20)12-15(21)13-26-16-6-4-14(5-7-16)17(22)24-2/h4-7,15,21H,3,8-13H2,1-2H3/p+1/t15-/m0/s1. The maximum atomic E-state index is 11.7. The normalized spacial score (nSPS) is 16.0. The van der Waals surface area contributed by atoms with E-state index in [0.717, 1.165) is 13.1 Å². The largest absolute Gasteiger partial charge is 0.491 e. The van der Waals surface area contributed by atoms with Crippen LogP contribution in [0.2, 0.25) is 0 Å². The number of esters is 1. The topological polar surface area (TPSA) is 89.7 Å². The van der Waals surface area contributed by atoms with Gasteiger partial charge in [0.25, 0.3) is 0 Å². The number of hydrogen-bond acceptors (Lipinski definition) is 6. The molecule has 1 amide bonds. The van der Waals surface area contributed by atoms with E-state index in [4.69, 9.17) is 9.47 Å². The summed E-state index contributed by atoms with van der Waals surface area (Å²) in [5.41, 5.74) is 0.448. The Morgan fingerprint density at radius 3 is 2.46 bits per heavy atom. The lowest BCUT2D eigenvalue weighted by Gasteiger charge is -2.32. The minimum Gasteiger partial charge on any atom is -0.491 e. The zero-order chi connectivity index (χ0) is 18.9. The van der Waals surface area contributed by atoms with Crippen molar-refractivity contribution in [3.05, 3.63) is 29.8 Å². The Balaban J connectivity index is 1.70. The Bertz CT molecular complexity index is 584. The number of quaternary nitrogens is 1. The van der Waals surface area contributed by atoms with Crippen LogP contribution in [-0.2, 0) is 9.47 Å². The molecule has 1 heterocycles. The van der Waals surface area contributed by atoms with Gasteiger partial charge in [-0.05, 0) is 31.2 Å².